The molecule has 0 aromatic carbocycles. The highest BCUT2D eigenvalue weighted by molar-refractivity contribution is 6.27. The van der Waals surface area contributed by atoms with Crippen LogP contribution in [0.3, 0.4) is 0 Å². The lowest BCUT2D eigenvalue weighted by Gasteiger charge is -2.00. The Morgan fingerprint density at radius 1 is 1.33 bits per heavy atom. The van der Waals surface area contributed by atoms with Crippen molar-refractivity contribution >= 4 is 23.4 Å². The summed E-state index contributed by atoms with van der Waals surface area (Å²) >= 11 is 5.23. The summed E-state index contributed by atoms with van der Waals surface area (Å²) < 4.78 is 0. The van der Waals surface area contributed by atoms with Crippen LogP contribution in [0.15, 0.2) is 0 Å². The molecule has 0 rings (SSSR count). The Hall–Kier alpha value is -0.770. The molecule has 0 aliphatic rings. The van der Waals surface area contributed by atoms with Crippen LogP contribution < -0.4 is 11.1 Å². The Labute approximate surface area is 76.4 Å². The van der Waals surface area contributed by atoms with Crippen molar-refractivity contribution in [2.24, 2.45) is 5.73 Å². The summed E-state index contributed by atoms with van der Waals surface area (Å²) in [5.41, 5.74) is 4.91. The van der Waals surface area contributed by atoms with Gasteiger partial charge >= 0.3 is 0 Å². The van der Waals surface area contributed by atoms with Crippen molar-refractivity contribution in [3.63, 3.8) is 0 Å². The summed E-state index contributed by atoms with van der Waals surface area (Å²) in [6, 6.07) is 0. The van der Waals surface area contributed by atoms with E-state index in [1.165, 1.54) is 0 Å². The standard InChI is InChI=1S/C7H13ClN2O2/c8-5-7(12)10-4-2-1-3-6(9)11/h1-5H2,(H2,9,11)(H,10,12). The molecule has 70 valence electrons. The smallest absolute Gasteiger partial charge is 0.234 e. The lowest BCUT2D eigenvalue weighted by atomic mass is 10.2. The van der Waals surface area contributed by atoms with E-state index in [2.05, 4.69) is 5.32 Å². The Morgan fingerprint density at radius 2 is 2.00 bits per heavy atom. The number of carbonyl (C=O) groups excluding carboxylic acids is 2. The van der Waals surface area contributed by atoms with Crippen LogP contribution in [-0.4, -0.2) is 24.2 Å². The van der Waals surface area contributed by atoms with Crippen molar-refractivity contribution in [2.75, 3.05) is 12.4 Å². The number of halogens is 1. The van der Waals surface area contributed by atoms with E-state index < -0.39 is 0 Å². The van der Waals surface area contributed by atoms with Crippen molar-refractivity contribution < 1.29 is 9.59 Å². The van der Waals surface area contributed by atoms with Crippen molar-refractivity contribution in [1.29, 1.82) is 0 Å². The van der Waals surface area contributed by atoms with Gasteiger partial charge in [0.1, 0.15) is 5.88 Å². The highest BCUT2D eigenvalue weighted by Crippen LogP contribution is 1.92. The van der Waals surface area contributed by atoms with E-state index in [0.717, 1.165) is 6.42 Å². The molecule has 3 N–H and O–H groups in total. The topological polar surface area (TPSA) is 72.2 Å². The van der Waals surface area contributed by atoms with Gasteiger partial charge in [0.15, 0.2) is 0 Å². The third-order valence-electron chi connectivity index (χ3n) is 1.29. The first-order chi connectivity index (χ1) is 5.66. The molecule has 0 radical (unpaired) electrons. The molecule has 5 heteroatoms. The average molecular weight is 193 g/mol. The molecule has 12 heavy (non-hydrogen) atoms. The molecule has 0 saturated heterocycles. The minimum Gasteiger partial charge on any atom is -0.370 e. The van der Waals surface area contributed by atoms with Gasteiger partial charge in [0.05, 0.1) is 0 Å². The Balaban J connectivity index is 3.11. The van der Waals surface area contributed by atoms with E-state index in [4.69, 9.17) is 17.3 Å². The highest BCUT2D eigenvalue weighted by Gasteiger charge is 1.97. The first kappa shape index (κ1) is 11.2. The van der Waals surface area contributed by atoms with Crippen molar-refractivity contribution in [1.82, 2.24) is 5.32 Å². The zero-order valence-electron chi connectivity index (χ0n) is 6.81. The number of primary amides is 1. The minimum absolute atomic E-state index is 0.0180. The average Bonchev–Trinajstić information content (AvgIpc) is 2.03. The maximum absolute atomic E-state index is 10.6. The lowest BCUT2D eigenvalue weighted by molar-refractivity contribution is -0.118. The van der Waals surface area contributed by atoms with E-state index >= 15 is 0 Å². The molecule has 0 bridgehead atoms. The van der Waals surface area contributed by atoms with Gasteiger partial charge in [0.2, 0.25) is 11.8 Å². The summed E-state index contributed by atoms with van der Waals surface area (Å²) in [4.78, 5) is 20.8. The highest BCUT2D eigenvalue weighted by atomic mass is 35.5. The van der Waals surface area contributed by atoms with Crippen LogP contribution in [0.25, 0.3) is 0 Å². The van der Waals surface area contributed by atoms with E-state index in [1.807, 2.05) is 0 Å². The normalized spacial score (nSPS) is 9.42. The first-order valence-corrected chi connectivity index (χ1v) is 4.31. The van der Waals surface area contributed by atoms with Gasteiger partial charge in [-0.3, -0.25) is 9.59 Å². The number of alkyl halides is 1. The zero-order chi connectivity index (χ0) is 9.40. The molecule has 0 aromatic heterocycles. The molecule has 0 spiro atoms. The van der Waals surface area contributed by atoms with Crippen molar-refractivity contribution in [2.45, 2.75) is 19.3 Å². The van der Waals surface area contributed by atoms with Crippen molar-refractivity contribution in [3.8, 4) is 0 Å². The maximum atomic E-state index is 10.6. The summed E-state index contributed by atoms with van der Waals surface area (Å²) in [6.45, 7) is 0.554. The van der Waals surface area contributed by atoms with E-state index in [-0.39, 0.29) is 17.7 Å². The molecular formula is C7H13ClN2O2. The summed E-state index contributed by atoms with van der Waals surface area (Å²) in [6.07, 6.45) is 1.83. The monoisotopic (exact) mass is 192 g/mol. The molecule has 0 aromatic rings. The van der Waals surface area contributed by atoms with Crippen LogP contribution >= 0.6 is 11.6 Å². The van der Waals surface area contributed by atoms with Crippen LogP contribution in [0.5, 0.6) is 0 Å². The van der Waals surface area contributed by atoms with Crippen LogP contribution in [0.1, 0.15) is 19.3 Å². The predicted octanol–water partition coefficient (Wildman–Crippen LogP) is -0.00300. The number of nitrogens with one attached hydrogen (secondary N) is 1. The molecule has 0 aliphatic carbocycles. The number of amides is 2. The molecule has 0 heterocycles. The quantitative estimate of drug-likeness (QED) is 0.459. The second-order valence-corrected chi connectivity index (χ2v) is 2.67. The van der Waals surface area contributed by atoms with Crippen LogP contribution in [0.2, 0.25) is 0 Å². The molecule has 0 unspecified atom stereocenters. The van der Waals surface area contributed by atoms with E-state index in [9.17, 15) is 9.59 Å². The van der Waals surface area contributed by atoms with Gasteiger partial charge in [0, 0.05) is 13.0 Å². The fourth-order valence-electron chi connectivity index (χ4n) is 0.699. The maximum Gasteiger partial charge on any atom is 0.234 e. The number of unbranched alkanes of at least 4 members (excludes halogenated alkanes) is 1. The van der Waals surface area contributed by atoms with Gasteiger partial charge in [-0.1, -0.05) is 0 Å². The van der Waals surface area contributed by atoms with Crippen molar-refractivity contribution in [3.05, 3.63) is 0 Å². The van der Waals surface area contributed by atoms with E-state index in [1.54, 1.807) is 0 Å². The number of carbonyl (C=O) groups is 2. The molecule has 0 fully saturated rings. The van der Waals surface area contributed by atoms with Gasteiger partial charge in [-0.2, -0.15) is 0 Å². The largest absolute Gasteiger partial charge is 0.370 e. The number of hydrogen-bond donors (Lipinski definition) is 2. The summed E-state index contributed by atoms with van der Waals surface area (Å²) in [7, 11) is 0. The molecule has 2 amide bonds. The number of hydrogen-bond acceptors (Lipinski definition) is 2. The van der Waals surface area contributed by atoms with Gasteiger partial charge in [-0.25, -0.2) is 0 Å². The van der Waals surface area contributed by atoms with Gasteiger partial charge in [-0.15, -0.1) is 11.6 Å². The van der Waals surface area contributed by atoms with Gasteiger partial charge in [-0.05, 0) is 12.8 Å². The minimum atomic E-state index is -0.307. The Bertz CT molecular complexity index is 161. The summed E-state index contributed by atoms with van der Waals surface area (Å²) in [5.74, 6) is -0.509. The number of nitrogens with two attached hydrogens (primary N) is 1. The summed E-state index contributed by atoms with van der Waals surface area (Å²) in [5, 5.41) is 2.58. The fourth-order valence-corrected chi connectivity index (χ4v) is 0.794. The van der Waals surface area contributed by atoms with Crippen LogP contribution in [0, 0.1) is 0 Å². The van der Waals surface area contributed by atoms with Gasteiger partial charge in [0.25, 0.3) is 0 Å². The Kier molecular flexibility index (Phi) is 6.47. The third-order valence-corrected chi connectivity index (χ3v) is 1.54. The predicted molar refractivity (Wildman–Crippen MR) is 46.8 cm³/mol. The van der Waals surface area contributed by atoms with Crippen LogP contribution in [-0.2, 0) is 9.59 Å². The van der Waals surface area contributed by atoms with E-state index in [0.29, 0.717) is 19.4 Å². The first-order valence-electron chi connectivity index (χ1n) is 3.77. The molecule has 4 nitrogen and oxygen atoms in total. The lowest BCUT2D eigenvalue weighted by Crippen LogP contribution is -2.25. The second-order valence-electron chi connectivity index (χ2n) is 2.41. The SMILES string of the molecule is NC(=O)CCCCNC(=O)CCl. The molecular weight excluding hydrogens is 180 g/mol. The zero-order valence-corrected chi connectivity index (χ0v) is 7.56. The molecule has 0 saturated carbocycles. The number of rotatable bonds is 6. The van der Waals surface area contributed by atoms with Crippen LogP contribution in [0.4, 0.5) is 0 Å². The molecule has 0 atom stereocenters. The third kappa shape index (κ3) is 7.34. The molecule has 0 aliphatic heterocycles. The Morgan fingerprint density at radius 3 is 2.50 bits per heavy atom. The second kappa shape index (κ2) is 6.91. The fraction of sp³-hybridized carbons (Fsp3) is 0.714. The van der Waals surface area contributed by atoms with Gasteiger partial charge < -0.3 is 11.1 Å².